The SMILES string of the molecule is CC1CN(C)CCCN1Cc1ccc(C#N)cc1. The highest BCUT2D eigenvalue weighted by molar-refractivity contribution is 5.31. The number of nitrogens with zero attached hydrogens (tertiary/aromatic N) is 3. The minimum absolute atomic E-state index is 0.591. The predicted molar refractivity (Wildman–Crippen MR) is 73.1 cm³/mol. The first-order valence-electron chi connectivity index (χ1n) is 6.60. The molecule has 0 bridgehead atoms. The van der Waals surface area contributed by atoms with Gasteiger partial charge >= 0.3 is 0 Å². The van der Waals surface area contributed by atoms with Crippen LogP contribution in [0.1, 0.15) is 24.5 Å². The Labute approximate surface area is 110 Å². The molecule has 0 aliphatic carbocycles. The summed E-state index contributed by atoms with van der Waals surface area (Å²) in [6.45, 7) is 6.77. The van der Waals surface area contributed by atoms with Crippen LogP contribution in [0.25, 0.3) is 0 Å². The van der Waals surface area contributed by atoms with Crippen molar-refractivity contribution < 1.29 is 0 Å². The lowest BCUT2D eigenvalue weighted by Gasteiger charge is -2.27. The number of rotatable bonds is 2. The molecular formula is C15H21N3. The number of benzene rings is 1. The van der Waals surface area contributed by atoms with Crippen LogP contribution in [0.2, 0.25) is 0 Å². The minimum Gasteiger partial charge on any atom is -0.305 e. The number of likely N-dealkylation sites (N-methyl/N-ethyl adjacent to an activating group) is 1. The molecule has 0 amide bonds. The zero-order valence-electron chi connectivity index (χ0n) is 11.3. The molecule has 2 rings (SSSR count). The maximum atomic E-state index is 8.79. The zero-order valence-corrected chi connectivity index (χ0v) is 11.3. The number of hydrogen-bond donors (Lipinski definition) is 0. The maximum Gasteiger partial charge on any atom is 0.0991 e. The lowest BCUT2D eigenvalue weighted by molar-refractivity contribution is 0.194. The number of nitriles is 1. The topological polar surface area (TPSA) is 30.3 Å². The van der Waals surface area contributed by atoms with Crippen LogP contribution in [-0.4, -0.2) is 42.5 Å². The van der Waals surface area contributed by atoms with Gasteiger partial charge in [-0.1, -0.05) is 12.1 Å². The van der Waals surface area contributed by atoms with Crippen LogP contribution >= 0.6 is 0 Å². The van der Waals surface area contributed by atoms with Gasteiger partial charge in [0.15, 0.2) is 0 Å². The maximum absolute atomic E-state index is 8.79. The van der Waals surface area contributed by atoms with Gasteiger partial charge in [-0.3, -0.25) is 4.90 Å². The van der Waals surface area contributed by atoms with Gasteiger partial charge in [-0.15, -0.1) is 0 Å². The van der Waals surface area contributed by atoms with Crippen LogP contribution in [0, 0.1) is 11.3 Å². The second kappa shape index (κ2) is 5.99. The molecule has 3 heteroatoms. The van der Waals surface area contributed by atoms with Gasteiger partial charge in [-0.05, 0) is 44.6 Å². The molecule has 1 fully saturated rings. The predicted octanol–water partition coefficient (Wildman–Crippen LogP) is 2.08. The van der Waals surface area contributed by atoms with Gasteiger partial charge in [-0.2, -0.15) is 5.26 Å². The molecular weight excluding hydrogens is 222 g/mol. The van der Waals surface area contributed by atoms with Crippen LogP contribution < -0.4 is 0 Å². The van der Waals surface area contributed by atoms with E-state index in [0.717, 1.165) is 25.2 Å². The Morgan fingerprint density at radius 1 is 1.28 bits per heavy atom. The van der Waals surface area contributed by atoms with Crippen LogP contribution in [-0.2, 0) is 6.54 Å². The zero-order chi connectivity index (χ0) is 13.0. The molecule has 96 valence electrons. The fourth-order valence-corrected chi connectivity index (χ4v) is 2.58. The van der Waals surface area contributed by atoms with E-state index in [4.69, 9.17) is 5.26 Å². The molecule has 1 aromatic rings. The van der Waals surface area contributed by atoms with Gasteiger partial charge in [0.2, 0.25) is 0 Å². The lowest BCUT2D eigenvalue weighted by Crippen LogP contribution is -2.37. The van der Waals surface area contributed by atoms with Crippen molar-refractivity contribution in [3.05, 3.63) is 35.4 Å². The van der Waals surface area contributed by atoms with Crippen molar-refractivity contribution in [3.63, 3.8) is 0 Å². The fourth-order valence-electron chi connectivity index (χ4n) is 2.58. The first-order chi connectivity index (χ1) is 8.69. The third-order valence-corrected chi connectivity index (χ3v) is 3.65. The minimum atomic E-state index is 0.591. The largest absolute Gasteiger partial charge is 0.305 e. The van der Waals surface area contributed by atoms with Gasteiger partial charge in [0.25, 0.3) is 0 Å². The van der Waals surface area contributed by atoms with E-state index in [2.05, 4.69) is 42.0 Å². The monoisotopic (exact) mass is 243 g/mol. The van der Waals surface area contributed by atoms with Crippen LogP contribution in [0.5, 0.6) is 0 Å². The summed E-state index contributed by atoms with van der Waals surface area (Å²) in [7, 11) is 2.20. The summed E-state index contributed by atoms with van der Waals surface area (Å²) in [4.78, 5) is 4.94. The van der Waals surface area contributed by atoms with Gasteiger partial charge < -0.3 is 4.90 Å². The molecule has 1 atom stereocenters. The van der Waals surface area contributed by atoms with Crippen molar-refractivity contribution in [1.82, 2.24) is 9.80 Å². The lowest BCUT2D eigenvalue weighted by atomic mass is 10.1. The summed E-state index contributed by atoms with van der Waals surface area (Å²) < 4.78 is 0. The Bertz CT molecular complexity index is 418. The summed E-state index contributed by atoms with van der Waals surface area (Å²) >= 11 is 0. The molecule has 1 saturated heterocycles. The van der Waals surface area contributed by atoms with E-state index in [-0.39, 0.29) is 0 Å². The van der Waals surface area contributed by atoms with Gasteiger partial charge in [-0.25, -0.2) is 0 Å². The van der Waals surface area contributed by atoms with Crippen LogP contribution in [0.4, 0.5) is 0 Å². The smallest absolute Gasteiger partial charge is 0.0991 e. The molecule has 1 unspecified atom stereocenters. The van der Waals surface area contributed by atoms with E-state index < -0.39 is 0 Å². The molecule has 18 heavy (non-hydrogen) atoms. The first kappa shape index (κ1) is 13.1. The molecule has 0 aromatic heterocycles. The molecule has 0 spiro atoms. The quantitative estimate of drug-likeness (QED) is 0.796. The Hall–Kier alpha value is -1.37. The summed E-state index contributed by atoms with van der Waals surface area (Å²) in [6, 6.07) is 10.7. The average molecular weight is 243 g/mol. The molecule has 1 aliphatic heterocycles. The Kier molecular flexibility index (Phi) is 4.35. The molecule has 0 radical (unpaired) electrons. The normalized spacial score (nSPS) is 22.4. The van der Waals surface area contributed by atoms with E-state index in [0.29, 0.717) is 6.04 Å². The highest BCUT2D eigenvalue weighted by Gasteiger charge is 2.19. The Morgan fingerprint density at radius 2 is 2.00 bits per heavy atom. The van der Waals surface area contributed by atoms with E-state index in [1.807, 2.05) is 12.1 Å². The van der Waals surface area contributed by atoms with Crippen molar-refractivity contribution in [2.24, 2.45) is 0 Å². The van der Waals surface area contributed by atoms with E-state index in [1.165, 1.54) is 18.5 Å². The Morgan fingerprint density at radius 3 is 2.67 bits per heavy atom. The third-order valence-electron chi connectivity index (χ3n) is 3.65. The van der Waals surface area contributed by atoms with Crippen molar-refractivity contribution in [2.75, 3.05) is 26.7 Å². The molecule has 1 aliphatic rings. The highest BCUT2D eigenvalue weighted by Crippen LogP contribution is 2.13. The first-order valence-corrected chi connectivity index (χ1v) is 6.60. The Balaban J connectivity index is 2.01. The van der Waals surface area contributed by atoms with Crippen LogP contribution in [0.3, 0.4) is 0 Å². The van der Waals surface area contributed by atoms with E-state index in [9.17, 15) is 0 Å². The van der Waals surface area contributed by atoms with Gasteiger partial charge in [0.05, 0.1) is 11.6 Å². The summed E-state index contributed by atoms with van der Waals surface area (Å²) in [5, 5.41) is 8.79. The van der Waals surface area contributed by atoms with Gasteiger partial charge in [0.1, 0.15) is 0 Å². The molecule has 0 saturated carbocycles. The molecule has 0 N–H and O–H groups in total. The average Bonchev–Trinajstić information content (AvgIpc) is 2.52. The van der Waals surface area contributed by atoms with E-state index in [1.54, 1.807) is 0 Å². The summed E-state index contributed by atoms with van der Waals surface area (Å²) in [6.07, 6.45) is 1.23. The fraction of sp³-hybridized carbons (Fsp3) is 0.533. The second-order valence-corrected chi connectivity index (χ2v) is 5.24. The molecule has 3 nitrogen and oxygen atoms in total. The third kappa shape index (κ3) is 3.32. The van der Waals surface area contributed by atoms with E-state index >= 15 is 0 Å². The van der Waals surface area contributed by atoms with Crippen LogP contribution in [0.15, 0.2) is 24.3 Å². The molecule has 1 heterocycles. The van der Waals surface area contributed by atoms with Gasteiger partial charge in [0, 0.05) is 25.7 Å². The standard InChI is InChI=1S/C15H21N3/c1-13-11-17(2)8-3-9-18(13)12-15-6-4-14(10-16)5-7-15/h4-7,13H,3,8-9,11-12H2,1-2H3. The summed E-state index contributed by atoms with van der Waals surface area (Å²) in [5.41, 5.74) is 2.04. The van der Waals surface area contributed by atoms with Crippen molar-refractivity contribution >= 4 is 0 Å². The van der Waals surface area contributed by atoms with Crippen molar-refractivity contribution in [1.29, 1.82) is 5.26 Å². The number of hydrogen-bond acceptors (Lipinski definition) is 3. The second-order valence-electron chi connectivity index (χ2n) is 5.24. The van der Waals surface area contributed by atoms with Crippen molar-refractivity contribution in [2.45, 2.75) is 25.9 Å². The molecule has 1 aromatic carbocycles. The summed E-state index contributed by atoms with van der Waals surface area (Å²) in [5.74, 6) is 0. The van der Waals surface area contributed by atoms with Crippen molar-refractivity contribution in [3.8, 4) is 6.07 Å². The highest BCUT2D eigenvalue weighted by atomic mass is 15.2.